The molecule has 0 unspecified atom stereocenters. The maximum atomic E-state index is 14.7. The van der Waals surface area contributed by atoms with Crippen LogP contribution in [0.1, 0.15) is 23.7 Å². The van der Waals surface area contributed by atoms with E-state index in [0.29, 0.717) is 30.9 Å². The Kier molecular flexibility index (Phi) is 8.04. The van der Waals surface area contributed by atoms with Crippen molar-refractivity contribution in [3.8, 4) is 11.4 Å². The van der Waals surface area contributed by atoms with Gasteiger partial charge in [0, 0.05) is 64.6 Å². The SMILES string of the molecule is CCN1CCN(Cc2ccc(Nc3ncc(F)c(-c4cc(C)c(CCNC=O)n4C)n3)nc2)CC1. The van der Waals surface area contributed by atoms with Gasteiger partial charge in [0.1, 0.15) is 11.5 Å². The zero-order valence-electron chi connectivity index (χ0n) is 20.6. The summed E-state index contributed by atoms with van der Waals surface area (Å²) in [5, 5.41) is 5.75. The van der Waals surface area contributed by atoms with Gasteiger partial charge < -0.3 is 20.1 Å². The molecule has 0 spiro atoms. The Labute approximate surface area is 205 Å². The smallest absolute Gasteiger partial charge is 0.229 e. The summed E-state index contributed by atoms with van der Waals surface area (Å²) >= 11 is 0. The molecule has 0 aliphatic carbocycles. The van der Waals surface area contributed by atoms with Crippen LogP contribution in [0.4, 0.5) is 16.2 Å². The molecule has 9 nitrogen and oxygen atoms in total. The normalized spacial score (nSPS) is 14.7. The minimum absolute atomic E-state index is 0.213. The van der Waals surface area contributed by atoms with Crippen LogP contribution in [0.2, 0.25) is 0 Å². The Morgan fingerprint density at radius 1 is 1.11 bits per heavy atom. The van der Waals surface area contributed by atoms with Gasteiger partial charge in [0.05, 0.1) is 11.9 Å². The number of nitrogens with one attached hydrogen (secondary N) is 2. The number of carbonyl (C=O) groups is 1. The van der Waals surface area contributed by atoms with Crippen LogP contribution in [0.3, 0.4) is 0 Å². The highest BCUT2D eigenvalue weighted by Gasteiger charge is 2.18. The van der Waals surface area contributed by atoms with Gasteiger partial charge in [0.25, 0.3) is 0 Å². The van der Waals surface area contributed by atoms with Gasteiger partial charge in [0.2, 0.25) is 12.4 Å². The number of nitrogens with zero attached hydrogens (tertiary/aromatic N) is 6. The van der Waals surface area contributed by atoms with Crippen molar-refractivity contribution in [2.24, 2.45) is 7.05 Å². The largest absolute Gasteiger partial charge is 0.358 e. The summed E-state index contributed by atoms with van der Waals surface area (Å²) in [6.45, 7) is 11.0. The molecule has 4 heterocycles. The molecule has 3 aromatic heterocycles. The van der Waals surface area contributed by atoms with Crippen LogP contribution >= 0.6 is 0 Å². The molecule has 1 aliphatic rings. The predicted molar refractivity (Wildman–Crippen MR) is 134 cm³/mol. The second-order valence-electron chi connectivity index (χ2n) is 8.82. The van der Waals surface area contributed by atoms with Crippen molar-refractivity contribution in [2.75, 3.05) is 44.6 Å². The maximum Gasteiger partial charge on any atom is 0.229 e. The first-order valence-corrected chi connectivity index (χ1v) is 12.0. The van der Waals surface area contributed by atoms with E-state index in [1.54, 1.807) is 0 Å². The molecule has 1 saturated heterocycles. The molecule has 1 fully saturated rings. The summed E-state index contributed by atoms with van der Waals surface area (Å²) in [6, 6.07) is 5.85. The van der Waals surface area contributed by atoms with Gasteiger partial charge in [-0.1, -0.05) is 13.0 Å². The van der Waals surface area contributed by atoms with E-state index in [9.17, 15) is 9.18 Å². The van der Waals surface area contributed by atoms with Crippen molar-refractivity contribution >= 4 is 18.2 Å². The molecule has 186 valence electrons. The van der Waals surface area contributed by atoms with E-state index in [1.807, 2.05) is 42.9 Å². The standard InChI is InChI=1S/C25H33FN8O/c1-4-33-9-11-34(12-10-33)16-19-5-6-23(28-14-19)30-25-29-15-20(26)24(31-25)22-13-18(2)21(32(22)3)7-8-27-17-35/h5-6,13-15,17H,4,7-12,16H2,1-3H3,(H,27,35)(H,28,29,30,31). The molecule has 1 amide bonds. The second kappa shape index (κ2) is 11.4. The van der Waals surface area contributed by atoms with Crippen LogP contribution < -0.4 is 10.6 Å². The first-order valence-electron chi connectivity index (χ1n) is 12.0. The molecular weight excluding hydrogens is 447 g/mol. The number of carbonyl (C=O) groups excluding carboxylic acids is 1. The molecule has 35 heavy (non-hydrogen) atoms. The predicted octanol–water partition coefficient (Wildman–Crippen LogP) is 2.49. The lowest BCUT2D eigenvalue weighted by Crippen LogP contribution is -2.45. The van der Waals surface area contributed by atoms with E-state index in [-0.39, 0.29) is 11.6 Å². The third kappa shape index (κ3) is 6.01. The summed E-state index contributed by atoms with van der Waals surface area (Å²) in [5.41, 5.74) is 4.03. The van der Waals surface area contributed by atoms with Crippen LogP contribution in [0.5, 0.6) is 0 Å². The molecule has 0 aromatic carbocycles. The first-order chi connectivity index (χ1) is 17.0. The molecule has 2 N–H and O–H groups in total. The van der Waals surface area contributed by atoms with E-state index < -0.39 is 5.82 Å². The molecule has 0 bridgehead atoms. The summed E-state index contributed by atoms with van der Waals surface area (Å²) in [6.07, 6.45) is 4.35. The monoisotopic (exact) mass is 480 g/mol. The van der Waals surface area contributed by atoms with Crippen molar-refractivity contribution in [1.82, 2.24) is 34.6 Å². The van der Waals surface area contributed by atoms with E-state index in [1.165, 1.54) is 6.20 Å². The molecule has 4 rings (SSSR count). The number of aryl methyl sites for hydroxylation is 1. The summed E-state index contributed by atoms with van der Waals surface area (Å²) in [7, 11) is 1.87. The Morgan fingerprint density at radius 3 is 2.57 bits per heavy atom. The number of anilines is 2. The number of aromatic nitrogens is 4. The highest BCUT2D eigenvalue weighted by atomic mass is 19.1. The topological polar surface area (TPSA) is 91.2 Å². The minimum Gasteiger partial charge on any atom is -0.358 e. The number of halogens is 1. The number of amides is 1. The fourth-order valence-electron chi connectivity index (χ4n) is 4.47. The molecule has 3 aromatic rings. The van der Waals surface area contributed by atoms with Crippen LogP contribution in [0.25, 0.3) is 11.4 Å². The van der Waals surface area contributed by atoms with E-state index in [0.717, 1.165) is 56.1 Å². The van der Waals surface area contributed by atoms with Crippen LogP contribution in [-0.4, -0.2) is 75.0 Å². The number of hydrogen-bond donors (Lipinski definition) is 2. The minimum atomic E-state index is -0.500. The third-order valence-corrected chi connectivity index (χ3v) is 6.53. The van der Waals surface area contributed by atoms with E-state index in [4.69, 9.17) is 0 Å². The average molecular weight is 481 g/mol. The lowest BCUT2D eigenvalue weighted by atomic mass is 10.2. The maximum absolute atomic E-state index is 14.7. The molecule has 0 radical (unpaired) electrons. The zero-order chi connectivity index (χ0) is 24.8. The molecular formula is C25H33FN8O. The Morgan fingerprint density at radius 2 is 1.89 bits per heavy atom. The fourth-order valence-corrected chi connectivity index (χ4v) is 4.47. The van der Waals surface area contributed by atoms with Crippen LogP contribution in [0.15, 0.2) is 30.6 Å². The first kappa shape index (κ1) is 24.7. The molecule has 10 heteroatoms. The van der Waals surface area contributed by atoms with Crippen molar-refractivity contribution in [3.63, 3.8) is 0 Å². The fraction of sp³-hybridized carbons (Fsp3) is 0.440. The number of hydrogen-bond acceptors (Lipinski definition) is 7. The summed E-state index contributed by atoms with van der Waals surface area (Å²) in [5.74, 6) is 0.381. The van der Waals surface area contributed by atoms with E-state index >= 15 is 0 Å². The van der Waals surface area contributed by atoms with Crippen LogP contribution in [-0.2, 0) is 24.8 Å². The van der Waals surface area contributed by atoms with Gasteiger partial charge in [-0.05, 0) is 36.7 Å². The molecule has 1 aliphatic heterocycles. The molecule has 0 atom stereocenters. The Bertz CT molecular complexity index is 1140. The van der Waals surface area contributed by atoms with Gasteiger partial charge in [-0.2, -0.15) is 0 Å². The van der Waals surface area contributed by atoms with Gasteiger partial charge >= 0.3 is 0 Å². The van der Waals surface area contributed by atoms with Crippen molar-refractivity contribution in [1.29, 1.82) is 0 Å². The third-order valence-electron chi connectivity index (χ3n) is 6.53. The quantitative estimate of drug-likeness (QED) is 0.340. The lowest BCUT2D eigenvalue weighted by Gasteiger charge is -2.33. The highest BCUT2D eigenvalue weighted by Crippen LogP contribution is 2.27. The lowest BCUT2D eigenvalue weighted by molar-refractivity contribution is -0.109. The Hall–Kier alpha value is -3.37. The summed E-state index contributed by atoms with van der Waals surface area (Å²) in [4.78, 5) is 28.5. The van der Waals surface area contributed by atoms with Gasteiger partial charge in [-0.15, -0.1) is 0 Å². The van der Waals surface area contributed by atoms with Crippen molar-refractivity contribution in [3.05, 3.63) is 53.2 Å². The summed E-state index contributed by atoms with van der Waals surface area (Å²) < 4.78 is 16.6. The van der Waals surface area contributed by atoms with Gasteiger partial charge in [-0.25, -0.2) is 19.3 Å². The molecule has 0 saturated carbocycles. The number of pyridine rings is 1. The number of piperazine rings is 1. The zero-order valence-corrected chi connectivity index (χ0v) is 20.6. The van der Waals surface area contributed by atoms with Crippen LogP contribution in [0, 0.1) is 12.7 Å². The Balaban J connectivity index is 1.44. The van der Waals surface area contributed by atoms with Gasteiger partial charge in [-0.3, -0.25) is 9.69 Å². The number of likely N-dealkylation sites (N-methyl/N-ethyl adjacent to an activating group) is 1. The highest BCUT2D eigenvalue weighted by molar-refractivity contribution is 5.61. The average Bonchev–Trinajstić information content (AvgIpc) is 3.15. The second-order valence-corrected chi connectivity index (χ2v) is 8.82. The van der Waals surface area contributed by atoms with Crippen molar-refractivity contribution in [2.45, 2.75) is 26.8 Å². The van der Waals surface area contributed by atoms with E-state index in [2.05, 4.69) is 42.3 Å². The van der Waals surface area contributed by atoms with Crippen molar-refractivity contribution < 1.29 is 9.18 Å². The van der Waals surface area contributed by atoms with Gasteiger partial charge in [0.15, 0.2) is 5.82 Å². The number of rotatable bonds is 10.